The van der Waals surface area contributed by atoms with Crippen molar-refractivity contribution in [3.63, 3.8) is 0 Å². The molecule has 3 aromatic heterocycles. The van der Waals surface area contributed by atoms with Crippen LogP contribution in [-0.2, 0) is 19.1 Å². The van der Waals surface area contributed by atoms with E-state index in [1.165, 1.54) is 0 Å². The Morgan fingerprint density at radius 1 is 0.974 bits per heavy atom. The summed E-state index contributed by atoms with van der Waals surface area (Å²) in [6.45, 7) is 6.79. The number of aromatic amines is 1. The third-order valence-corrected chi connectivity index (χ3v) is 7.32. The molecule has 0 atom stereocenters. The van der Waals surface area contributed by atoms with Gasteiger partial charge in [-0.25, -0.2) is 14.1 Å². The molecule has 0 radical (unpaired) electrons. The Morgan fingerprint density at radius 2 is 1.74 bits per heavy atom. The van der Waals surface area contributed by atoms with Gasteiger partial charge in [0.1, 0.15) is 0 Å². The van der Waals surface area contributed by atoms with Crippen molar-refractivity contribution in [2.75, 3.05) is 11.4 Å². The third-order valence-electron chi connectivity index (χ3n) is 7.32. The number of nitrogens with zero attached hydrogens (tertiary/aromatic N) is 4. The molecule has 38 heavy (non-hydrogen) atoms. The van der Waals surface area contributed by atoms with Crippen LogP contribution >= 0.6 is 0 Å². The fraction of sp³-hybridized carbons (Fsp3) is 0.241. The highest BCUT2D eigenvalue weighted by Gasteiger charge is 2.34. The van der Waals surface area contributed by atoms with Crippen molar-refractivity contribution in [3.8, 4) is 16.9 Å². The molecular formula is C29H25F4N5. The smallest absolute Gasteiger partial charge is 0.361 e. The Labute approximate surface area is 216 Å². The molecule has 194 valence electrons. The Kier molecular flexibility index (Phi) is 5.55. The Bertz CT molecular complexity index is 1680. The zero-order chi connectivity index (χ0) is 26.8. The molecule has 9 heteroatoms. The normalized spacial score (nSPS) is 13.8. The maximum absolute atomic E-state index is 14.9. The standard InChI is InChI=1S/C29H25F4N5/c1-16-7-8-21(20-9-11-34-25(16)20)27-22-15-37(28-23(30)13-19(14-35-28)29(31,32)33)12-10-24(22)36-38(27)26-17(2)5-4-6-18(26)3/h4-9,11,13-14,34H,10,12,15H2,1-3H3. The fourth-order valence-corrected chi connectivity index (χ4v) is 5.46. The van der Waals surface area contributed by atoms with Gasteiger partial charge in [-0.15, -0.1) is 0 Å². The van der Waals surface area contributed by atoms with Crippen molar-refractivity contribution in [2.24, 2.45) is 0 Å². The van der Waals surface area contributed by atoms with Gasteiger partial charge in [0.15, 0.2) is 11.6 Å². The van der Waals surface area contributed by atoms with E-state index >= 15 is 0 Å². The number of hydrogen-bond acceptors (Lipinski definition) is 3. The number of rotatable bonds is 3. The molecule has 0 amide bonds. The zero-order valence-electron chi connectivity index (χ0n) is 21.1. The first-order valence-corrected chi connectivity index (χ1v) is 12.4. The van der Waals surface area contributed by atoms with Crippen molar-refractivity contribution >= 4 is 16.7 Å². The number of benzene rings is 2. The highest BCUT2D eigenvalue weighted by molar-refractivity contribution is 5.97. The Hall–Kier alpha value is -4.14. The summed E-state index contributed by atoms with van der Waals surface area (Å²) < 4.78 is 56.2. The molecule has 0 aliphatic carbocycles. The summed E-state index contributed by atoms with van der Waals surface area (Å²) in [5.41, 5.74) is 7.80. The van der Waals surface area contributed by atoms with Crippen LogP contribution in [0.15, 0.2) is 54.9 Å². The van der Waals surface area contributed by atoms with Crippen molar-refractivity contribution in [3.05, 3.63) is 94.2 Å². The van der Waals surface area contributed by atoms with E-state index in [-0.39, 0.29) is 12.4 Å². The second-order valence-electron chi connectivity index (χ2n) is 9.82. The lowest BCUT2D eigenvalue weighted by Gasteiger charge is -2.28. The lowest BCUT2D eigenvalue weighted by Crippen LogP contribution is -2.32. The van der Waals surface area contributed by atoms with Crippen molar-refractivity contribution < 1.29 is 17.6 Å². The first kappa shape index (κ1) is 24.2. The predicted molar refractivity (Wildman–Crippen MR) is 139 cm³/mol. The van der Waals surface area contributed by atoms with Crippen LogP contribution in [0.25, 0.3) is 27.8 Å². The van der Waals surface area contributed by atoms with Crippen LogP contribution in [0, 0.1) is 26.6 Å². The number of aromatic nitrogens is 4. The first-order chi connectivity index (χ1) is 18.1. The fourth-order valence-electron chi connectivity index (χ4n) is 5.46. The van der Waals surface area contributed by atoms with Crippen LogP contribution in [0.2, 0.25) is 0 Å². The van der Waals surface area contributed by atoms with Crippen LogP contribution in [0.1, 0.15) is 33.5 Å². The number of hydrogen-bond donors (Lipinski definition) is 1. The molecular weight excluding hydrogens is 494 g/mol. The lowest BCUT2D eigenvalue weighted by molar-refractivity contribution is -0.138. The molecule has 5 aromatic rings. The molecule has 0 bridgehead atoms. The van der Waals surface area contributed by atoms with Crippen molar-refractivity contribution in [2.45, 2.75) is 39.9 Å². The molecule has 6 rings (SSSR count). The van der Waals surface area contributed by atoms with Crippen LogP contribution < -0.4 is 4.90 Å². The largest absolute Gasteiger partial charge is 0.417 e. The minimum atomic E-state index is -4.66. The van der Waals surface area contributed by atoms with Crippen LogP contribution in [-0.4, -0.2) is 26.3 Å². The van der Waals surface area contributed by atoms with E-state index in [1.54, 1.807) is 4.90 Å². The number of H-pyrrole nitrogens is 1. The highest BCUT2D eigenvalue weighted by Crippen LogP contribution is 2.39. The van der Waals surface area contributed by atoms with Gasteiger partial charge in [-0.2, -0.15) is 18.3 Å². The summed E-state index contributed by atoms with van der Waals surface area (Å²) in [5.74, 6) is -1.08. The molecule has 1 aliphatic rings. The Morgan fingerprint density at radius 3 is 2.45 bits per heavy atom. The van der Waals surface area contributed by atoms with Crippen molar-refractivity contribution in [1.82, 2.24) is 19.7 Å². The number of pyridine rings is 1. The monoisotopic (exact) mass is 519 g/mol. The predicted octanol–water partition coefficient (Wildman–Crippen LogP) is 7.06. The second kappa shape index (κ2) is 8.72. The van der Waals surface area contributed by atoms with Gasteiger partial charge in [-0.1, -0.05) is 30.3 Å². The maximum Gasteiger partial charge on any atom is 0.417 e. The van der Waals surface area contributed by atoms with E-state index in [2.05, 4.69) is 22.1 Å². The number of para-hydroxylation sites is 1. The quantitative estimate of drug-likeness (QED) is 0.260. The van der Waals surface area contributed by atoms with Crippen molar-refractivity contribution in [1.29, 1.82) is 0 Å². The molecule has 0 saturated heterocycles. The van der Waals surface area contributed by atoms with Crippen LogP contribution in [0.5, 0.6) is 0 Å². The zero-order valence-corrected chi connectivity index (χ0v) is 21.1. The number of anilines is 1. The topological polar surface area (TPSA) is 49.7 Å². The van der Waals surface area contributed by atoms with Gasteiger partial charge in [-0.3, -0.25) is 0 Å². The van der Waals surface area contributed by atoms with E-state index in [0.29, 0.717) is 25.2 Å². The number of fused-ring (bicyclic) bond motifs is 2. The molecule has 2 aromatic carbocycles. The first-order valence-electron chi connectivity index (χ1n) is 12.4. The van der Waals surface area contributed by atoms with E-state index in [0.717, 1.165) is 55.8 Å². The number of nitrogens with one attached hydrogen (secondary N) is 1. The van der Waals surface area contributed by atoms with Gasteiger partial charge in [0.25, 0.3) is 0 Å². The molecule has 1 aliphatic heterocycles. The van der Waals surface area contributed by atoms with Gasteiger partial charge in [0.2, 0.25) is 0 Å². The van der Waals surface area contributed by atoms with Crippen LogP contribution in [0.4, 0.5) is 23.4 Å². The van der Waals surface area contributed by atoms with E-state index < -0.39 is 17.6 Å². The van der Waals surface area contributed by atoms with E-state index in [9.17, 15) is 17.6 Å². The summed E-state index contributed by atoms with van der Waals surface area (Å²) in [6.07, 6.45) is -1.56. The molecule has 5 nitrogen and oxygen atoms in total. The van der Waals surface area contributed by atoms with Gasteiger partial charge in [0.05, 0.1) is 22.6 Å². The molecule has 0 fully saturated rings. The third kappa shape index (κ3) is 3.84. The molecule has 0 saturated carbocycles. The van der Waals surface area contributed by atoms with Gasteiger partial charge < -0.3 is 9.88 Å². The van der Waals surface area contributed by atoms with Gasteiger partial charge >= 0.3 is 6.18 Å². The summed E-state index contributed by atoms with van der Waals surface area (Å²) in [4.78, 5) is 8.90. The maximum atomic E-state index is 14.9. The number of halogens is 4. The van der Waals surface area contributed by atoms with Gasteiger partial charge in [-0.05, 0) is 49.6 Å². The summed E-state index contributed by atoms with van der Waals surface area (Å²) in [7, 11) is 0. The molecule has 1 N–H and O–H groups in total. The second-order valence-corrected chi connectivity index (χ2v) is 9.82. The average molecular weight is 520 g/mol. The minimum absolute atomic E-state index is 0.0925. The molecule has 0 spiro atoms. The van der Waals surface area contributed by atoms with E-state index in [1.807, 2.05) is 55.9 Å². The minimum Gasteiger partial charge on any atom is -0.361 e. The number of aryl methyl sites for hydroxylation is 3. The van der Waals surface area contributed by atoms with E-state index in [4.69, 9.17) is 5.10 Å². The summed E-state index contributed by atoms with van der Waals surface area (Å²) in [5, 5.41) is 6.08. The highest BCUT2D eigenvalue weighted by atomic mass is 19.4. The molecule has 0 unspecified atom stereocenters. The number of alkyl halides is 3. The Balaban J connectivity index is 1.54. The summed E-state index contributed by atoms with van der Waals surface area (Å²) in [6, 6.07) is 12.8. The lowest BCUT2D eigenvalue weighted by atomic mass is 9.96. The van der Waals surface area contributed by atoms with Crippen LogP contribution in [0.3, 0.4) is 0 Å². The van der Waals surface area contributed by atoms with Gasteiger partial charge in [0, 0.05) is 53.9 Å². The summed E-state index contributed by atoms with van der Waals surface area (Å²) >= 11 is 0. The average Bonchev–Trinajstić information content (AvgIpc) is 3.50. The SMILES string of the molecule is Cc1cccc(C)c1-n1nc2c(c1-c1ccc(C)c3[nH]ccc13)CN(c1ncc(C(F)(F)F)cc1F)CC2. The molecule has 4 heterocycles.